The first kappa shape index (κ1) is 14.3. The van der Waals surface area contributed by atoms with Gasteiger partial charge in [0.05, 0.1) is 10.7 Å². The van der Waals surface area contributed by atoms with Crippen molar-refractivity contribution in [3.8, 4) is 0 Å². The molecule has 0 unspecified atom stereocenters. The third-order valence-corrected chi connectivity index (χ3v) is 2.21. The van der Waals surface area contributed by atoms with Gasteiger partial charge in [0, 0.05) is 11.8 Å². The number of hydrogen-bond donors (Lipinski definition) is 2. The number of nitro groups is 1. The molecule has 0 saturated heterocycles. The van der Waals surface area contributed by atoms with E-state index in [1.807, 2.05) is 0 Å². The van der Waals surface area contributed by atoms with E-state index in [2.05, 4.69) is 17.9 Å². The molecule has 0 atom stereocenters. The molecule has 1 aromatic rings. The Balaban J connectivity index is 3.22. The molecule has 0 spiro atoms. The number of carbonyl (C=O) groups is 1. The van der Waals surface area contributed by atoms with Crippen molar-refractivity contribution in [1.82, 2.24) is 0 Å². The van der Waals surface area contributed by atoms with Crippen molar-refractivity contribution in [3.05, 3.63) is 33.9 Å². The minimum Gasteiger partial charge on any atom is -0.325 e. The first-order valence-electron chi connectivity index (χ1n) is 4.52. The summed E-state index contributed by atoms with van der Waals surface area (Å²) in [6, 6.07) is 2.23. The zero-order valence-electron chi connectivity index (χ0n) is 8.69. The molecular formula is C9H7F3N2O3S. The lowest BCUT2D eigenvalue weighted by atomic mass is 10.1. The largest absolute Gasteiger partial charge is 0.423 e. The van der Waals surface area contributed by atoms with Gasteiger partial charge < -0.3 is 5.32 Å². The molecule has 1 aromatic carbocycles. The first-order valence-corrected chi connectivity index (χ1v) is 5.15. The molecule has 18 heavy (non-hydrogen) atoms. The Hall–Kier alpha value is -1.77. The lowest BCUT2D eigenvalue weighted by Gasteiger charge is -2.10. The van der Waals surface area contributed by atoms with Crippen LogP contribution in [0.4, 0.5) is 24.5 Å². The van der Waals surface area contributed by atoms with Gasteiger partial charge in [-0.1, -0.05) is 0 Å². The van der Waals surface area contributed by atoms with Crippen LogP contribution in [0.5, 0.6) is 0 Å². The summed E-state index contributed by atoms with van der Waals surface area (Å²) in [5, 5.41) is 12.6. The van der Waals surface area contributed by atoms with Gasteiger partial charge in [-0.15, -0.1) is 0 Å². The van der Waals surface area contributed by atoms with Crippen molar-refractivity contribution < 1.29 is 22.9 Å². The standard InChI is InChI=1S/C9H7F3N2O3S/c10-9(11,12)6-3-5(13-8(15)4-18)1-2-7(6)14(16)17/h1-3,18H,4H2,(H,13,15). The molecule has 0 bridgehead atoms. The van der Waals surface area contributed by atoms with Gasteiger partial charge in [-0.05, 0) is 12.1 Å². The Morgan fingerprint density at radius 3 is 2.50 bits per heavy atom. The molecule has 0 aliphatic rings. The van der Waals surface area contributed by atoms with Gasteiger partial charge in [0.2, 0.25) is 5.91 Å². The second-order valence-corrected chi connectivity index (χ2v) is 3.51. The van der Waals surface area contributed by atoms with Gasteiger partial charge in [0.15, 0.2) is 0 Å². The van der Waals surface area contributed by atoms with E-state index >= 15 is 0 Å². The van der Waals surface area contributed by atoms with Crippen LogP contribution in [0, 0.1) is 10.1 Å². The molecule has 1 amide bonds. The molecule has 0 aliphatic heterocycles. The van der Waals surface area contributed by atoms with Crippen LogP contribution in [-0.4, -0.2) is 16.6 Å². The Bertz CT molecular complexity index is 490. The summed E-state index contributed by atoms with van der Waals surface area (Å²) < 4.78 is 37.7. The number of thiol groups is 1. The molecule has 5 nitrogen and oxygen atoms in total. The number of alkyl halides is 3. The van der Waals surface area contributed by atoms with Crippen LogP contribution in [0.15, 0.2) is 18.2 Å². The van der Waals surface area contributed by atoms with E-state index < -0.39 is 28.3 Å². The predicted molar refractivity (Wildman–Crippen MR) is 60.6 cm³/mol. The summed E-state index contributed by atoms with van der Waals surface area (Å²) in [5.41, 5.74) is -2.65. The van der Waals surface area contributed by atoms with Crippen molar-refractivity contribution in [3.63, 3.8) is 0 Å². The summed E-state index contributed by atoms with van der Waals surface area (Å²) in [6.07, 6.45) is -4.87. The lowest BCUT2D eigenvalue weighted by Crippen LogP contribution is -2.14. The summed E-state index contributed by atoms with van der Waals surface area (Å²) in [6.45, 7) is 0. The van der Waals surface area contributed by atoms with Crippen LogP contribution in [0.25, 0.3) is 0 Å². The number of nitrogens with zero attached hydrogens (tertiary/aromatic N) is 1. The number of nitrogens with one attached hydrogen (secondary N) is 1. The molecule has 1 N–H and O–H groups in total. The van der Waals surface area contributed by atoms with Gasteiger partial charge in [0.1, 0.15) is 5.56 Å². The third-order valence-electron chi connectivity index (χ3n) is 1.93. The van der Waals surface area contributed by atoms with Crippen molar-refractivity contribution in [2.75, 3.05) is 11.1 Å². The molecule has 0 fully saturated rings. The summed E-state index contributed by atoms with van der Waals surface area (Å²) in [4.78, 5) is 20.3. The monoisotopic (exact) mass is 280 g/mol. The molecule has 0 aromatic heterocycles. The molecule has 0 aliphatic carbocycles. The molecule has 0 heterocycles. The van der Waals surface area contributed by atoms with E-state index in [1.54, 1.807) is 0 Å². The van der Waals surface area contributed by atoms with Crippen LogP contribution in [-0.2, 0) is 11.0 Å². The topological polar surface area (TPSA) is 72.2 Å². The fourth-order valence-electron chi connectivity index (χ4n) is 1.20. The van der Waals surface area contributed by atoms with Crippen LogP contribution in [0.1, 0.15) is 5.56 Å². The SMILES string of the molecule is O=C(CS)Nc1ccc([N+](=O)[O-])c(C(F)(F)F)c1. The highest BCUT2D eigenvalue weighted by molar-refractivity contribution is 7.81. The smallest absolute Gasteiger partial charge is 0.325 e. The highest BCUT2D eigenvalue weighted by Gasteiger charge is 2.38. The van der Waals surface area contributed by atoms with Crippen LogP contribution in [0.3, 0.4) is 0 Å². The van der Waals surface area contributed by atoms with Crippen LogP contribution < -0.4 is 5.32 Å². The van der Waals surface area contributed by atoms with Gasteiger partial charge in [-0.25, -0.2) is 0 Å². The number of carbonyl (C=O) groups excluding carboxylic acids is 1. The Kier molecular flexibility index (Phi) is 4.17. The average molecular weight is 280 g/mol. The molecule has 98 valence electrons. The van der Waals surface area contributed by atoms with Crippen molar-refractivity contribution in [2.45, 2.75) is 6.18 Å². The highest BCUT2D eigenvalue weighted by atomic mass is 32.1. The van der Waals surface area contributed by atoms with Crippen molar-refractivity contribution in [2.24, 2.45) is 0 Å². The van der Waals surface area contributed by atoms with Gasteiger partial charge in [-0.3, -0.25) is 14.9 Å². The number of halogens is 3. The fourth-order valence-corrected chi connectivity index (χ4v) is 1.28. The molecule has 9 heteroatoms. The predicted octanol–water partition coefficient (Wildman–Crippen LogP) is 2.48. The summed E-state index contributed by atoms with van der Waals surface area (Å²) in [7, 11) is 0. The summed E-state index contributed by atoms with van der Waals surface area (Å²) >= 11 is 3.64. The number of hydrogen-bond acceptors (Lipinski definition) is 4. The Morgan fingerprint density at radius 1 is 1.44 bits per heavy atom. The number of benzene rings is 1. The normalized spacial score (nSPS) is 11.1. The van der Waals surface area contributed by atoms with E-state index in [9.17, 15) is 28.1 Å². The van der Waals surface area contributed by atoms with Gasteiger partial charge in [0.25, 0.3) is 5.69 Å². The molecular weight excluding hydrogens is 273 g/mol. The van der Waals surface area contributed by atoms with Gasteiger partial charge in [-0.2, -0.15) is 25.8 Å². The summed E-state index contributed by atoms with van der Waals surface area (Å²) in [5.74, 6) is -0.821. The number of anilines is 1. The van der Waals surface area contributed by atoms with E-state index in [0.717, 1.165) is 6.07 Å². The van der Waals surface area contributed by atoms with E-state index in [4.69, 9.17) is 0 Å². The third kappa shape index (κ3) is 3.36. The van der Waals surface area contributed by atoms with E-state index in [1.165, 1.54) is 0 Å². The highest BCUT2D eigenvalue weighted by Crippen LogP contribution is 2.37. The lowest BCUT2D eigenvalue weighted by molar-refractivity contribution is -0.388. The zero-order valence-corrected chi connectivity index (χ0v) is 9.59. The second-order valence-electron chi connectivity index (χ2n) is 3.19. The van der Waals surface area contributed by atoms with Crippen molar-refractivity contribution in [1.29, 1.82) is 0 Å². The maximum absolute atomic E-state index is 12.6. The van der Waals surface area contributed by atoms with E-state index in [-0.39, 0.29) is 11.4 Å². The van der Waals surface area contributed by atoms with Crippen LogP contribution >= 0.6 is 12.6 Å². The number of amides is 1. The minimum atomic E-state index is -4.87. The molecule has 1 rings (SSSR count). The van der Waals surface area contributed by atoms with Gasteiger partial charge >= 0.3 is 6.18 Å². The maximum Gasteiger partial charge on any atom is 0.423 e. The van der Waals surface area contributed by atoms with Crippen LogP contribution in [0.2, 0.25) is 0 Å². The van der Waals surface area contributed by atoms with Crippen molar-refractivity contribution >= 4 is 29.9 Å². The maximum atomic E-state index is 12.6. The molecule has 0 radical (unpaired) electrons. The van der Waals surface area contributed by atoms with E-state index in [0.29, 0.717) is 12.1 Å². The second kappa shape index (κ2) is 5.25. The molecule has 0 saturated carbocycles. The Morgan fingerprint density at radius 2 is 2.06 bits per heavy atom. The quantitative estimate of drug-likeness (QED) is 0.507. The zero-order chi connectivity index (χ0) is 13.9. The average Bonchev–Trinajstić information content (AvgIpc) is 2.27. The minimum absolute atomic E-state index is 0.174. The number of nitro benzene ring substituents is 1. The number of rotatable bonds is 3. The fraction of sp³-hybridized carbons (Fsp3) is 0.222. The first-order chi connectivity index (χ1) is 8.25. The Labute approximate surface area is 105 Å².